The molecule has 3 atom stereocenters. The van der Waals surface area contributed by atoms with Gasteiger partial charge in [0, 0.05) is 4.91 Å². The molecule has 0 amide bonds. The van der Waals surface area contributed by atoms with Gasteiger partial charge in [-0.1, -0.05) is 5.11 Å². The van der Waals surface area contributed by atoms with Gasteiger partial charge < -0.3 is 14.9 Å². The Morgan fingerprint density at radius 2 is 2.45 bits per heavy atom. The predicted octanol–water partition coefficient (Wildman–Crippen LogP) is -0.583. The third kappa shape index (κ3) is 1.61. The second-order valence-electron chi connectivity index (χ2n) is 2.32. The maximum absolute atomic E-state index is 9.23. The number of hydrogen-bond acceptors (Lipinski definition) is 4. The first-order valence-electron chi connectivity index (χ1n) is 3.24. The predicted molar refractivity (Wildman–Crippen MR) is 35.8 cm³/mol. The monoisotopic (exact) mass is 159 g/mol. The molecule has 1 aliphatic heterocycles. The first-order valence-corrected chi connectivity index (χ1v) is 3.24. The lowest BCUT2D eigenvalue weighted by molar-refractivity contribution is 0.00337. The molecule has 0 bridgehead atoms. The molecule has 1 rings (SSSR count). The van der Waals surface area contributed by atoms with Crippen LogP contribution in [0.1, 0.15) is 0 Å². The van der Waals surface area contributed by atoms with Crippen molar-refractivity contribution in [1.29, 1.82) is 0 Å². The standard InChI is InChI=1S/C5H9N3O3/c6-8-7-3-2-11-4(1-9)5(3)10/h3-5,9-10H,1-2H2/t3-,4+,5-/m0/s1. The average molecular weight is 159 g/mol. The molecule has 0 aromatic carbocycles. The lowest BCUT2D eigenvalue weighted by Gasteiger charge is -2.10. The van der Waals surface area contributed by atoms with E-state index in [1.165, 1.54) is 0 Å². The number of rotatable bonds is 2. The van der Waals surface area contributed by atoms with Crippen molar-refractivity contribution < 1.29 is 14.9 Å². The van der Waals surface area contributed by atoms with Crippen molar-refractivity contribution in [2.24, 2.45) is 5.11 Å². The number of nitrogens with zero attached hydrogens (tertiary/aromatic N) is 3. The average Bonchev–Trinajstić information content (AvgIpc) is 2.34. The molecule has 62 valence electrons. The highest BCUT2D eigenvalue weighted by molar-refractivity contribution is 4.88. The van der Waals surface area contributed by atoms with Gasteiger partial charge in [0.15, 0.2) is 0 Å². The fourth-order valence-corrected chi connectivity index (χ4v) is 0.996. The van der Waals surface area contributed by atoms with Crippen molar-refractivity contribution in [1.82, 2.24) is 0 Å². The largest absolute Gasteiger partial charge is 0.394 e. The number of ether oxygens (including phenoxy) is 1. The molecule has 0 radical (unpaired) electrons. The first kappa shape index (κ1) is 8.29. The van der Waals surface area contributed by atoms with Crippen molar-refractivity contribution in [3.8, 4) is 0 Å². The zero-order chi connectivity index (χ0) is 8.27. The van der Waals surface area contributed by atoms with Crippen LogP contribution >= 0.6 is 0 Å². The topological polar surface area (TPSA) is 98.5 Å². The van der Waals surface area contributed by atoms with Gasteiger partial charge >= 0.3 is 0 Å². The second-order valence-corrected chi connectivity index (χ2v) is 2.32. The van der Waals surface area contributed by atoms with E-state index in [2.05, 4.69) is 10.0 Å². The molecule has 2 N–H and O–H groups in total. The Kier molecular flexibility index (Phi) is 2.67. The third-order valence-corrected chi connectivity index (χ3v) is 1.64. The van der Waals surface area contributed by atoms with Crippen LogP contribution in [0.5, 0.6) is 0 Å². The van der Waals surface area contributed by atoms with Crippen molar-refractivity contribution in [3.05, 3.63) is 10.4 Å². The molecule has 6 heteroatoms. The van der Waals surface area contributed by atoms with E-state index in [-0.39, 0.29) is 13.2 Å². The molecule has 1 saturated heterocycles. The summed E-state index contributed by atoms with van der Waals surface area (Å²) in [5.74, 6) is 0. The molecule has 1 fully saturated rings. The second kappa shape index (κ2) is 3.54. The first-order chi connectivity index (χ1) is 5.29. The van der Waals surface area contributed by atoms with E-state index in [0.29, 0.717) is 0 Å². The minimum atomic E-state index is -0.879. The van der Waals surface area contributed by atoms with E-state index in [9.17, 15) is 5.11 Å². The molecule has 1 aliphatic rings. The zero-order valence-electron chi connectivity index (χ0n) is 5.79. The third-order valence-electron chi connectivity index (χ3n) is 1.64. The van der Waals surface area contributed by atoms with Crippen LogP contribution in [0, 0.1) is 0 Å². The maximum Gasteiger partial charge on any atom is 0.107 e. The summed E-state index contributed by atoms with van der Waals surface area (Å²) in [5, 5.41) is 21.1. The van der Waals surface area contributed by atoms with Crippen LogP contribution in [0.25, 0.3) is 10.4 Å². The van der Waals surface area contributed by atoms with Gasteiger partial charge in [0.05, 0.1) is 25.4 Å². The molecular formula is C5H9N3O3. The summed E-state index contributed by atoms with van der Waals surface area (Å²) < 4.78 is 4.91. The summed E-state index contributed by atoms with van der Waals surface area (Å²) in [7, 11) is 0. The van der Waals surface area contributed by atoms with Crippen LogP contribution in [-0.4, -0.2) is 41.7 Å². The highest BCUT2D eigenvalue weighted by Crippen LogP contribution is 2.16. The molecule has 0 spiro atoms. The van der Waals surface area contributed by atoms with Gasteiger partial charge in [-0.25, -0.2) is 0 Å². The smallest absolute Gasteiger partial charge is 0.107 e. The quantitative estimate of drug-likeness (QED) is 0.320. The number of aliphatic hydroxyl groups is 2. The molecular weight excluding hydrogens is 150 g/mol. The highest BCUT2D eigenvalue weighted by Gasteiger charge is 2.34. The van der Waals surface area contributed by atoms with Gasteiger partial charge in [-0.15, -0.1) is 0 Å². The Morgan fingerprint density at radius 3 is 2.91 bits per heavy atom. The number of aliphatic hydroxyl groups excluding tert-OH is 2. The Labute approximate surface area is 63.0 Å². The van der Waals surface area contributed by atoms with Crippen molar-refractivity contribution >= 4 is 0 Å². The lowest BCUT2D eigenvalue weighted by atomic mass is 10.1. The number of hydrogen-bond donors (Lipinski definition) is 2. The highest BCUT2D eigenvalue weighted by atomic mass is 16.5. The summed E-state index contributed by atoms with van der Waals surface area (Å²) in [5.41, 5.74) is 8.03. The molecule has 1 heterocycles. The van der Waals surface area contributed by atoms with E-state index >= 15 is 0 Å². The molecule has 0 aliphatic carbocycles. The fourth-order valence-electron chi connectivity index (χ4n) is 0.996. The van der Waals surface area contributed by atoms with E-state index < -0.39 is 18.2 Å². The van der Waals surface area contributed by atoms with Crippen LogP contribution in [0.4, 0.5) is 0 Å². The zero-order valence-corrected chi connectivity index (χ0v) is 5.79. The normalized spacial score (nSPS) is 36.7. The summed E-state index contributed by atoms with van der Waals surface area (Å²) >= 11 is 0. The Balaban J connectivity index is 2.54. The minimum absolute atomic E-state index is 0.177. The maximum atomic E-state index is 9.23. The van der Waals surface area contributed by atoms with E-state index in [1.54, 1.807) is 0 Å². The molecule has 0 aromatic rings. The van der Waals surface area contributed by atoms with Gasteiger partial charge in [-0.2, -0.15) is 0 Å². The lowest BCUT2D eigenvalue weighted by Crippen LogP contribution is -2.30. The van der Waals surface area contributed by atoms with Crippen molar-refractivity contribution in [2.75, 3.05) is 13.2 Å². The van der Waals surface area contributed by atoms with Crippen molar-refractivity contribution in [2.45, 2.75) is 18.2 Å². The molecule has 0 unspecified atom stereocenters. The summed E-state index contributed by atoms with van der Waals surface area (Å²) in [6.45, 7) is -0.0743. The Bertz CT molecular complexity index is 180. The van der Waals surface area contributed by atoms with Gasteiger partial charge in [-0.3, -0.25) is 0 Å². The van der Waals surface area contributed by atoms with Gasteiger partial charge in [0.25, 0.3) is 0 Å². The summed E-state index contributed by atoms with van der Waals surface area (Å²) in [4.78, 5) is 2.54. The molecule has 0 saturated carbocycles. The van der Waals surface area contributed by atoms with Crippen LogP contribution in [0.3, 0.4) is 0 Å². The number of azide groups is 1. The SMILES string of the molecule is [N-]=[N+]=N[C@H]1CO[C@H](CO)[C@H]1O. The van der Waals surface area contributed by atoms with E-state index in [4.69, 9.17) is 15.4 Å². The van der Waals surface area contributed by atoms with Crippen LogP contribution in [0.15, 0.2) is 5.11 Å². The van der Waals surface area contributed by atoms with Crippen LogP contribution in [-0.2, 0) is 4.74 Å². The molecule has 0 aromatic heterocycles. The molecule has 6 nitrogen and oxygen atoms in total. The summed E-state index contributed by atoms with van der Waals surface area (Å²) in [6, 6.07) is -0.558. The minimum Gasteiger partial charge on any atom is -0.394 e. The Hall–Kier alpha value is -0.810. The molecule has 11 heavy (non-hydrogen) atoms. The van der Waals surface area contributed by atoms with Gasteiger partial charge in [-0.05, 0) is 5.53 Å². The van der Waals surface area contributed by atoms with E-state index in [1.807, 2.05) is 0 Å². The fraction of sp³-hybridized carbons (Fsp3) is 1.00. The Morgan fingerprint density at radius 1 is 1.73 bits per heavy atom. The van der Waals surface area contributed by atoms with Crippen LogP contribution in [0.2, 0.25) is 0 Å². The van der Waals surface area contributed by atoms with E-state index in [0.717, 1.165) is 0 Å². The van der Waals surface area contributed by atoms with Crippen molar-refractivity contribution in [3.63, 3.8) is 0 Å². The van der Waals surface area contributed by atoms with Gasteiger partial charge in [0.2, 0.25) is 0 Å². The summed E-state index contributed by atoms with van der Waals surface area (Å²) in [6.07, 6.45) is -1.48. The van der Waals surface area contributed by atoms with Crippen LogP contribution < -0.4 is 0 Å². The van der Waals surface area contributed by atoms with Gasteiger partial charge in [0.1, 0.15) is 6.10 Å².